The molecule has 0 aliphatic rings. The molecule has 1 amide bonds. The van der Waals surface area contributed by atoms with E-state index in [4.69, 9.17) is 4.74 Å². The van der Waals surface area contributed by atoms with Crippen molar-refractivity contribution in [3.8, 4) is 0 Å². The molecule has 0 radical (unpaired) electrons. The van der Waals surface area contributed by atoms with Crippen molar-refractivity contribution in [3.63, 3.8) is 0 Å². The lowest BCUT2D eigenvalue weighted by molar-refractivity contribution is 0.0252. The first-order valence-electron chi connectivity index (χ1n) is 11.3. The Bertz CT molecular complexity index is 702. The maximum absolute atomic E-state index is 12.1. The average Bonchev–Trinajstić information content (AvgIpc) is 2.70. The average molecular weight is 412 g/mol. The highest BCUT2D eigenvalue weighted by Gasteiger charge is 2.21. The zero-order valence-electron chi connectivity index (χ0n) is 19.9. The monoisotopic (exact) mass is 411 g/mol. The van der Waals surface area contributed by atoms with Crippen LogP contribution in [-0.2, 0) is 17.6 Å². The van der Waals surface area contributed by atoms with Crippen LogP contribution >= 0.6 is 0 Å². The van der Waals surface area contributed by atoms with Gasteiger partial charge in [-0.2, -0.15) is 0 Å². The van der Waals surface area contributed by atoms with Gasteiger partial charge in [-0.05, 0) is 64.5 Å². The third-order valence-electron chi connectivity index (χ3n) is 4.60. The smallest absolute Gasteiger partial charge is 0.410 e. The topological polar surface area (TPSA) is 29.5 Å². The fourth-order valence-electron chi connectivity index (χ4n) is 2.94. The summed E-state index contributed by atoms with van der Waals surface area (Å²) < 4.78 is 5.45. The Morgan fingerprint density at radius 1 is 0.833 bits per heavy atom. The molecule has 2 aromatic carbocycles. The van der Waals surface area contributed by atoms with Gasteiger partial charge in [0, 0.05) is 13.1 Å². The second-order valence-electron chi connectivity index (χ2n) is 8.79. The lowest BCUT2D eigenvalue weighted by Crippen LogP contribution is -2.38. The van der Waals surface area contributed by atoms with Crippen molar-refractivity contribution in [3.05, 3.63) is 71.3 Å². The first-order valence-corrected chi connectivity index (χ1v) is 11.3. The summed E-state index contributed by atoms with van der Waals surface area (Å²) in [6.45, 7) is 13.5. The Morgan fingerprint density at radius 3 is 1.97 bits per heavy atom. The highest BCUT2D eigenvalue weighted by Crippen LogP contribution is 2.12. The third kappa shape index (κ3) is 11.6. The van der Waals surface area contributed by atoms with Crippen molar-refractivity contribution in [2.24, 2.45) is 0 Å². The summed E-state index contributed by atoms with van der Waals surface area (Å²) in [5.74, 6) is 0. The summed E-state index contributed by atoms with van der Waals surface area (Å²) in [4.78, 5) is 13.9. The van der Waals surface area contributed by atoms with Crippen molar-refractivity contribution in [1.29, 1.82) is 0 Å². The molecule has 0 heterocycles. The van der Waals surface area contributed by atoms with Crippen LogP contribution in [0.3, 0.4) is 0 Å². The number of hydrogen-bond acceptors (Lipinski definition) is 2. The van der Waals surface area contributed by atoms with E-state index in [-0.39, 0.29) is 6.09 Å². The Labute approximate surface area is 184 Å². The van der Waals surface area contributed by atoms with E-state index in [9.17, 15) is 4.79 Å². The van der Waals surface area contributed by atoms with Gasteiger partial charge in [-0.15, -0.1) is 0 Å². The normalized spacial score (nSPS) is 10.7. The minimum Gasteiger partial charge on any atom is -0.444 e. The summed E-state index contributed by atoms with van der Waals surface area (Å²) >= 11 is 0. The zero-order chi connectivity index (χ0) is 22.4. The van der Waals surface area contributed by atoms with Gasteiger partial charge in [-0.3, -0.25) is 0 Å². The molecule has 0 aliphatic carbocycles. The minimum absolute atomic E-state index is 0.216. The van der Waals surface area contributed by atoms with Gasteiger partial charge in [0.25, 0.3) is 0 Å². The number of nitrogens with zero attached hydrogens (tertiary/aromatic N) is 1. The molecule has 3 heteroatoms. The molecular formula is C27H41NO2. The van der Waals surface area contributed by atoms with E-state index < -0.39 is 5.60 Å². The molecule has 0 aromatic heterocycles. The molecule has 0 unspecified atom stereocenters. The molecular weight excluding hydrogens is 370 g/mol. The number of unbranched alkanes of at least 4 members (excludes halogenated alkanes) is 1. The summed E-state index contributed by atoms with van der Waals surface area (Å²) in [7, 11) is 0. The van der Waals surface area contributed by atoms with Gasteiger partial charge >= 0.3 is 6.09 Å². The number of aryl methyl sites for hydroxylation is 2. The summed E-state index contributed by atoms with van der Waals surface area (Å²) in [6, 6.07) is 19.1. The molecule has 3 nitrogen and oxygen atoms in total. The van der Waals surface area contributed by atoms with Crippen LogP contribution in [0.4, 0.5) is 4.79 Å². The van der Waals surface area contributed by atoms with Crippen LogP contribution in [0.15, 0.2) is 54.6 Å². The highest BCUT2D eigenvalue weighted by atomic mass is 16.6. The number of ether oxygens (including phenoxy) is 1. The number of carbonyl (C=O) groups excluding carboxylic acids is 1. The maximum Gasteiger partial charge on any atom is 0.410 e. The molecule has 166 valence electrons. The van der Waals surface area contributed by atoms with E-state index in [0.29, 0.717) is 6.54 Å². The third-order valence-corrected chi connectivity index (χ3v) is 4.60. The van der Waals surface area contributed by atoms with Gasteiger partial charge in [-0.25, -0.2) is 4.79 Å². The van der Waals surface area contributed by atoms with Crippen molar-refractivity contribution in [2.45, 2.75) is 79.2 Å². The largest absolute Gasteiger partial charge is 0.444 e. The molecule has 2 aromatic rings. The summed E-state index contributed by atoms with van der Waals surface area (Å²) in [5.41, 5.74) is 3.53. The van der Waals surface area contributed by atoms with Crippen LogP contribution in [0.5, 0.6) is 0 Å². The molecule has 2 rings (SSSR count). The number of amides is 1. The molecule has 0 spiro atoms. The van der Waals surface area contributed by atoms with E-state index in [2.05, 4.69) is 75.4 Å². The molecule has 0 aliphatic heterocycles. The van der Waals surface area contributed by atoms with Crippen LogP contribution in [0.2, 0.25) is 0 Å². The highest BCUT2D eigenvalue weighted by molar-refractivity contribution is 5.68. The van der Waals surface area contributed by atoms with Gasteiger partial charge in [-0.1, -0.05) is 80.4 Å². The van der Waals surface area contributed by atoms with E-state index in [0.717, 1.165) is 19.4 Å². The van der Waals surface area contributed by atoms with E-state index in [1.807, 2.05) is 20.8 Å². The Morgan fingerprint density at radius 2 is 1.43 bits per heavy atom. The first kappa shape index (κ1) is 25.7. The van der Waals surface area contributed by atoms with Gasteiger partial charge in [0.1, 0.15) is 5.60 Å². The quantitative estimate of drug-likeness (QED) is 0.459. The van der Waals surface area contributed by atoms with Gasteiger partial charge in [0.15, 0.2) is 0 Å². The minimum atomic E-state index is -0.438. The fraction of sp³-hybridized carbons (Fsp3) is 0.519. The SMILES string of the molecule is CCCCc1ccccc1.CCCN(CCc1ccc(C)cc1)C(=O)OC(C)(C)C. The van der Waals surface area contributed by atoms with Crippen molar-refractivity contribution >= 4 is 6.09 Å². The predicted octanol–water partition coefficient (Wildman–Crippen LogP) is 7.21. The van der Waals surface area contributed by atoms with Crippen LogP contribution in [-0.4, -0.2) is 29.7 Å². The Hall–Kier alpha value is -2.29. The van der Waals surface area contributed by atoms with E-state index in [1.165, 1.54) is 36.0 Å². The molecule has 0 bridgehead atoms. The summed E-state index contributed by atoms with van der Waals surface area (Å²) in [6.07, 6.45) is 5.41. The first-order chi connectivity index (χ1) is 14.2. The Balaban J connectivity index is 0.000000375. The number of carbonyl (C=O) groups is 1. The molecule has 30 heavy (non-hydrogen) atoms. The van der Waals surface area contributed by atoms with Gasteiger partial charge in [0.2, 0.25) is 0 Å². The molecule has 0 saturated heterocycles. The lowest BCUT2D eigenvalue weighted by atomic mass is 10.1. The van der Waals surface area contributed by atoms with Crippen LogP contribution in [0.1, 0.15) is 70.6 Å². The Kier molecular flexibility index (Phi) is 11.9. The molecule has 0 fully saturated rings. The van der Waals surface area contributed by atoms with Gasteiger partial charge in [0.05, 0.1) is 0 Å². The second kappa shape index (κ2) is 13.8. The second-order valence-corrected chi connectivity index (χ2v) is 8.79. The standard InChI is InChI=1S/C17H27NO2.C10H14/c1-6-12-18(16(19)20-17(3,4)5)13-11-15-9-7-14(2)8-10-15;1-2-3-7-10-8-5-4-6-9-10/h7-10H,6,11-13H2,1-5H3;4-6,8-9H,2-3,7H2,1H3. The van der Waals surface area contributed by atoms with Gasteiger partial charge < -0.3 is 9.64 Å². The van der Waals surface area contributed by atoms with Crippen molar-refractivity contribution in [2.75, 3.05) is 13.1 Å². The van der Waals surface area contributed by atoms with Crippen LogP contribution in [0, 0.1) is 6.92 Å². The predicted molar refractivity (Wildman–Crippen MR) is 128 cm³/mol. The van der Waals surface area contributed by atoms with Crippen molar-refractivity contribution in [1.82, 2.24) is 4.90 Å². The lowest BCUT2D eigenvalue weighted by Gasteiger charge is -2.27. The molecule has 0 atom stereocenters. The summed E-state index contributed by atoms with van der Waals surface area (Å²) in [5, 5.41) is 0. The molecule has 0 saturated carbocycles. The number of rotatable bonds is 8. The fourth-order valence-corrected chi connectivity index (χ4v) is 2.94. The van der Waals surface area contributed by atoms with Crippen LogP contribution < -0.4 is 0 Å². The number of hydrogen-bond donors (Lipinski definition) is 0. The maximum atomic E-state index is 12.1. The van der Waals surface area contributed by atoms with E-state index in [1.54, 1.807) is 4.90 Å². The zero-order valence-corrected chi connectivity index (χ0v) is 19.9. The van der Waals surface area contributed by atoms with Crippen molar-refractivity contribution < 1.29 is 9.53 Å². The van der Waals surface area contributed by atoms with Crippen LogP contribution in [0.25, 0.3) is 0 Å². The van der Waals surface area contributed by atoms with E-state index >= 15 is 0 Å². The molecule has 0 N–H and O–H groups in total. The number of benzene rings is 2.